The lowest BCUT2D eigenvalue weighted by atomic mass is 9.99. The molecule has 0 saturated carbocycles. The molecule has 1 unspecified atom stereocenters. The first-order valence-corrected chi connectivity index (χ1v) is 9.32. The molecule has 0 aliphatic heterocycles. The van der Waals surface area contributed by atoms with E-state index >= 15 is 0 Å². The molecule has 0 saturated heterocycles. The van der Waals surface area contributed by atoms with Crippen LogP contribution in [0, 0.1) is 12.8 Å². The van der Waals surface area contributed by atoms with E-state index in [-0.39, 0.29) is 11.5 Å². The van der Waals surface area contributed by atoms with Crippen LogP contribution < -0.4 is 0 Å². The SMILES string of the molecule is CCCC(C)CCCCCOS(=O)(=O)c1ccc(C)cc1. The van der Waals surface area contributed by atoms with Crippen molar-refractivity contribution < 1.29 is 12.6 Å². The molecule has 4 heteroatoms. The molecule has 0 aliphatic carbocycles. The Labute approximate surface area is 129 Å². The third-order valence-corrected chi connectivity index (χ3v) is 5.00. The van der Waals surface area contributed by atoms with Gasteiger partial charge in [0.15, 0.2) is 0 Å². The second-order valence-electron chi connectivity index (χ2n) is 5.83. The van der Waals surface area contributed by atoms with Crippen molar-refractivity contribution in [1.29, 1.82) is 0 Å². The molecule has 1 atom stereocenters. The first kappa shape index (κ1) is 18.2. The van der Waals surface area contributed by atoms with Gasteiger partial charge in [0.25, 0.3) is 10.1 Å². The first-order chi connectivity index (χ1) is 9.95. The van der Waals surface area contributed by atoms with Gasteiger partial charge in [-0.05, 0) is 31.4 Å². The molecular formula is C17H28O3S. The van der Waals surface area contributed by atoms with E-state index in [1.165, 1.54) is 19.3 Å². The molecule has 0 aromatic heterocycles. The second-order valence-corrected chi connectivity index (χ2v) is 7.45. The molecule has 0 radical (unpaired) electrons. The summed E-state index contributed by atoms with van der Waals surface area (Å²) in [6.07, 6.45) is 6.70. The zero-order valence-corrected chi connectivity index (χ0v) is 14.3. The monoisotopic (exact) mass is 312 g/mol. The highest BCUT2D eigenvalue weighted by atomic mass is 32.2. The molecule has 1 aromatic carbocycles. The maximum atomic E-state index is 11.9. The number of hydrogen-bond acceptors (Lipinski definition) is 3. The van der Waals surface area contributed by atoms with Gasteiger partial charge in [0, 0.05) is 0 Å². The minimum atomic E-state index is -3.59. The number of benzene rings is 1. The predicted molar refractivity (Wildman–Crippen MR) is 86.9 cm³/mol. The van der Waals surface area contributed by atoms with E-state index < -0.39 is 10.1 Å². The molecule has 0 amide bonds. The molecule has 0 N–H and O–H groups in total. The molecule has 120 valence electrons. The van der Waals surface area contributed by atoms with Crippen molar-refractivity contribution in [3.63, 3.8) is 0 Å². The van der Waals surface area contributed by atoms with Crippen LogP contribution in [-0.4, -0.2) is 15.0 Å². The van der Waals surface area contributed by atoms with E-state index in [0.29, 0.717) is 0 Å². The molecule has 0 bridgehead atoms. The maximum Gasteiger partial charge on any atom is 0.296 e. The lowest BCUT2D eigenvalue weighted by molar-refractivity contribution is 0.304. The fourth-order valence-corrected chi connectivity index (χ4v) is 3.29. The van der Waals surface area contributed by atoms with E-state index in [1.54, 1.807) is 24.3 Å². The van der Waals surface area contributed by atoms with Crippen molar-refractivity contribution in [3.05, 3.63) is 29.8 Å². The minimum absolute atomic E-state index is 0.240. The van der Waals surface area contributed by atoms with Crippen LogP contribution in [-0.2, 0) is 14.3 Å². The second kappa shape index (κ2) is 9.21. The highest BCUT2D eigenvalue weighted by Crippen LogP contribution is 2.16. The van der Waals surface area contributed by atoms with Gasteiger partial charge in [-0.2, -0.15) is 8.42 Å². The van der Waals surface area contributed by atoms with Gasteiger partial charge in [0.2, 0.25) is 0 Å². The summed E-state index contributed by atoms with van der Waals surface area (Å²) in [5.74, 6) is 0.771. The van der Waals surface area contributed by atoms with Gasteiger partial charge in [0.05, 0.1) is 11.5 Å². The van der Waals surface area contributed by atoms with Crippen molar-refractivity contribution in [2.45, 2.75) is 64.2 Å². The summed E-state index contributed by atoms with van der Waals surface area (Å²) in [5, 5.41) is 0. The van der Waals surface area contributed by atoms with Gasteiger partial charge in [0.1, 0.15) is 0 Å². The Bertz CT molecular complexity index is 491. The van der Waals surface area contributed by atoms with Gasteiger partial charge < -0.3 is 0 Å². The van der Waals surface area contributed by atoms with E-state index in [4.69, 9.17) is 4.18 Å². The average Bonchev–Trinajstić information content (AvgIpc) is 2.43. The average molecular weight is 312 g/mol. The summed E-state index contributed by atoms with van der Waals surface area (Å²) < 4.78 is 29.0. The lowest BCUT2D eigenvalue weighted by Crippen LogP contribution is -2.07. The Kier molecular flexibility index (Phi) is 7.97. The summed E-state index contributed by atoms with van der Waals surface area (Å²) in [7, 11) is -3.59. The zero-order valence-electron chi connectivity index (χ0n) is 13.5. The van der Waals surface area contributed by atoms with Crippen LogP contribution >= 0.6 is 0 Å². The zero-order chi connectivity index (χ0) is 15.7. The van der Waals surface area contributed by atoms with Gasteiger partial charge in [-0.25, -0.2) is 0 Å². The van der Waals surface area contributed by atoms with Crippen LogP contribution in [0.4, 0.5) is 0 Å². The van der Waals surface area contributed by atoms with Gasteiger partial charge in [-0.15, -0.1) is 0 Å². The third-order valence-electron chi connectivity index (χ3n) is 3.67. The van der Waals surface area contributed by atoms with Crippen molar-refractivity contribution in [1.82, 2.24) is 0 Å². The largest absolute Gasteiger partial charge is 0.296 e. The molecular weight excluding hydrogens is 284 g/mol. The Morgan fingerprint density at radius 2 is 1.71 bits per heavy atom. The lowest BCUT2D eigenvalue weighted by Gasteiger charge is -2.09. The summed E-state index contributed by atoms with van der Waals surface area (Å²) >= 11 is 0. The van der Waals surface area contributed by atoms with Crippen LogP contribution in [0.15, 0.2) is 29.2 Å². The molecule has 0 heterocycles. The van der Waals surface area contributed by atoms with Crippen molar-refractivity contribution >= 4 is 10.1 Å². The van der Waals surface area contributed by atoms with E-state index in [2.05, 4.69) is 13.8 Å². The van der Waals surface area contributed by atoms with Crippen LogP contribution in [0.2, 0.25) is 0 Å². The van der Waals surface area contributed by atoms with Crippen molar-refractivity contribution in [2.24, 2.45) is 5.92 Å². The van der Waals surface area contributed by atoms with E-state index in [0.717, 1.165) is 30.7 Å². The van der Waals surface area contributed by atoms with E-state index in [1.807, 2.05) is 6.92 Å². The summed E-state index contributed by atoms with van der Waals surface area (Å²) in [4.78, 5) is 0.240. The summed E-state index contributed by atoms with van der Waals surface area (Å²) in [6.45, 7) is 6.69. The predicted octanol–water partition coefficient (Wildman–Crippen LogP) is 4.70. The summed E-state index contributed by atoms with van der Waals surface area (Å²) in [6, 6.07) is 6.75. The fraction of sp³-hybridized carbons (Fsp3) is 0.647. The first-order valence-electron chi connectivity index (χ1n) is 7.92. The van der Waals surface area contributed by atoms with Crippen LogP contribution in [0.25, 0.3) is 0 Å². The van der Waals surface area contributed by atoms with Gasteiger partial charge in [-0.3, -0.25) is 4.18 Å². The molecule has 3 nitrogen and oxygen atoms in total. The quantitative estimate of drug-likeness (QED) is 0.465. The molecule has 1 rings (SSSR count). The Hall–Kier alpha value is -0.870. The van der Waals surface area contributed by atoms with Crippen molar-refractivity contribution in [2.75, 3.05) is 6.61 Å². The van der Waals surface area contributed by atoms with Gasteiger partial charge >= 0.3 is 0 Å². The smallest absolute Gasteiger partial charge is 0.266 e. The van der Waals surface area contributed by atoms with Gasteiger partial charge in [-0.1, -0.05) is 63.6 Å². The Morgan fingerprint density at radius 3 is 2.33 bits per heavy atom. The maximum absolute atomic E-state index is 11.9. The molecule has 0 fully saturated rings. The molecule has 0 spiro atoms. The van der Waals surface area contributed by atoms with Crippen LogP contribution in [0.5, 0.6) is 0 Å². The standard InChI is InChI=1S/C17H28O3S/c1-4-8-15(2)9-6-5-7-14-20-21(18,19)17-12-10-16(3)11-13-17/h10-13,15H,4-9,14H2,1-3H3. The highest BCUT2D eigenvalue weighted by Gasteiger charge is 2.14. The minimum Gasteiger partial charge on any atom is -0.266 e. The van der Waals surface area contributed by atoms with E-state index in [9.17, 15) is 8.42 Å². The Morgan fingerprint density at radius 1 is 1.05 bits per heavy atom. The summed E-state index contributed by atoms with van der Waals surface area (Å²) in [5.41, 5.74) is 1.04. The van der Waals surface area contributed by atoms with Crippen LogP contribution in [0.1, 0.15) is 57.9 Å². The molecule has 21 heavy (non-hydrogen) atoms. The normalized spacial score (nSPS) is 13.3. The van der Waals surface area contributed by atoms with Crippen molar-refractivity contribution in [3.8, 4) is 0 Å². The highest BCUT2D eigenvalue weighted by molar-refractivity contribution is 7.86. The number of hydrogen-bond donors (Lipinski definition) is 0. The number of rotatable bonds is 10. The third kappa shape index (κ3) is 7.09. The topological polar surface area (TPSA) is 43.4 Å². The molecule has 0 aliphatic rings. The number of aryl methyl sites for hydroxylation is 1. The molecule has 1 aromatic rings. The number of unbranched alkanes of at least 4 members (excludes halogenated alkanes) is 2. The Balaban J connectivity index is 2.24. The van der Waals surface area contributed by atoms with Crippen LogP contribution in [0.3, 0.4) is 0 Å². The fourth-order valence-electron chi connectivity index (χ4n) is 2.35.